The average molecular weight is 301 g/mol. The number of hydrogen-bond donors (Lipinski definition) is 0. The van der Waals surface area contributed by atoms with Crippen LogP contribution in [0.4, 0.5) is 0 Å². The molecule has 0 saturated carbocycles. The van der Waals surface area contributed by atoms with Crippen LogP contribution >= 0.6 is 0 Å². The number of rotatable bonds is 2. The molecule has 0 atom stereocenters. The lowest BCUT2D eigenvalue weighted by Gasteiger charge is -2.03. The van der Waals surface area contributed by atoms with Gasteiger partial charge >= 0.3 is 0 Å². The summed E-state index contributed by atoms with van der Waals surface area (Å²) in [5, 5.41) is 5.20. The van der Waals surface area contributed by atoms with E-state index in [-0.39, 0.29) is 0 Å². The fourth-order valence-electron chi connectivity index (χ4n) is 2.75. The van der Waals surface area contributed by atoms with Gasteiger partial charge in [0.2, 0.25) is 5.82 Å². The van der Waals surface area contributed by atoms with Gasteiger partial charge in [-0.15, -0.1) is 0 Å². The minimum Gasteiger partial charge on any atom is -0.334 e. The number of hydrogen-bond acceptors (Lipinski definition) is 4. The molecule has 0 unspecified atom stereocenters. The molecule has 0 bridgehead atoms. The van der Waals surface area contributed by atoms with E-state index in [4.69, 9.17) is 4.52 Å². The lowest BCUT2D eigenvalue weighted by Crippen LogP contribution is -1.90. The van der Waals surface area contributed by atoms with Gasteiger partial charge in [-0.25, -0.2) is 0 Å². The summed E-state index contributed by atoms with van der Waals surface area (Å²) in [5.41, 5.74) is 4.88. The number of para-hydroxylation sites is 1. The SMILES string of the molecule is Cc1cc(-c2noc(-c3ccccc3C)n2)c2ccccc2n1. The van der Waals surface area contributed by atoms with Gasteiger partial charge in [0.05, 0.1) is 5.52 Å². The number of fused-ring (bicyclic) bond motifs is 1. The number of pyridine rings is 1. The van der Waals surface area contributed by atoms with E-state index in [9.17, 15) is 0 Å². The van der Waals surface area contributed by atoms with E-state index < -0.39 is 0 Å². The van der Waals surface area contributed by atoms with Crippen molar-refractivity contribution in [2.75, 3.05) is 0 Å². The Morgan fingerprint density at radius 3 is 2.48 bits per heavy atom. The molecule has 0 fully saturated rings. The minimum absolute atomic E-state index is 0.539. The van der Waals surface area contributed by atoms with Gasteiger partial charge in [-0.3, -0.25) is 4.98 Å². The van der Waals surface area contributed by atoms with Crippen molar-refractivity contribution in [1.29, 1.82) is 0 Å². The summed E-state index contributed by atoms with van der Waals surface area (Å²) in [6.45, 7) is 4.00. The van der Waals surface area contributed by atoms with Gasteiger partial charge in [0.25, 0.3) is 5.89 Å². The number of aromatic nitrogens is 3. The normalized spacial score (nSPS) is 11.0. The van der Waals surface area contributed by atoms with E-state index in [2.05, 4.69) is 15.1 Å². The molecule has 0 aliphatic rings. The summed E-state index contributed by atoms with van der Waals surface area (Å²) in [6.07, 6.45) is 0. The van der Waals surface area contributed by atoms with Crippen LogP contribution in [0.15, 0.2) is 59.1 Å². The maximum Gasteiger partial charge on any atom is 0.258 e. The quantitative estimate of drug-likeness (QED) is 0.544. The van der Waals surface area contributed by atoms with Gasteiger partial charge in [-0.05, 0) is 37.6 Å². The minimum atomic E-state index is 0.539. The maximum absolute atomic E-state index is 5.49. The van der Waals surface area contributed by atoms with Crippen molar-refractivity contribution in [1.82, 2.24) is 15.1 Å². The maximum atomic E-state index is 5.49. The molecule has 2 aromatic heterocycles. The molecule has 112 valence electrons. The van der Waals surface area contributed by atoms with Crippen molar-refractivity contribution in [2.45, 2.75) is 13.8 Å². The monoisotopic (exact) mass is 301 g/mol. The molecule has 23 heavy (non-hydrogen) atoms. The van der Waals surface area contributed by atoms with Gasteiger partial charge < -0.3 is 4.52 Å². The molecule has 0 radical (unpaired) electrons. The van der Waals surface area contributed by atoms with Crippen LogP contribution in [0.3, 0.4) is 0 Å². The first-order valence-electron chi connectivity index (χ1n) is 7.49. The van der Waals surface area contributed by atoms with E-state index >= 15 is 0 Å². The lowest BCUT2D eigenvalue weighted by atomic mass is 10.1. The van der Waals surface area contributed by atoms with E-state index in [1.54, 1.807) is 0 Å². The van der Waals surface area contributed by atoms with E-state index in [1.807, 2.05) is 68.4 Å². The van der Waals surface area contributed by atoms with E-state index in [1.165, 1.54) is 0 Å². The van der Waals surface area contributed by atoms with Crippen molar-refractivity contribution in [3.8, 4) is 22.8 Å². The van der Waals surface area contributed by atoms with Gasteiger partial charge in [0.1, 0.15) is 0 Å². The molecule has 4 rings (SSSR count). The fourth-order valence-corrected chi connectivity index (χ4v) is 2.75. The second-order valence-corrected chi connectivity index (χ2v) is 5.57. The Labute approximate surface area is 133 Å². The molecule has 0 aliphatic carbocycles. The van der Waals surface area contributed by atoms with E-state index in [0.717, 1.165) is 33.3 Å². The molecular weight excluding hydrogens is 286 g/mol. The summed E-state index contributed by atoms with van der Waals surface area (Å²) in [5.74, 6) is 1.13. The predicted octanol–water partition coefficient (Wildman–Crippen LogP) is 4.57. The summed E-state index contributed by atoms with van der Waals surface area (Å²) in [7, 11) is 0. The highest BCUT2D eigenvalue weighted by Gasteiger charge is 2.15. The molecule has 4 aromatic rings. The first kappa shape index (κ1) is 13.6. The number of nitrogens with zero attached hydrogens (tertiary/aromatic N) is 3. The summed E-state index contributed by atoms with van der Waals surface area (Å²) in [4.78, 5) is 9.15. The Morgan fingerprint density at radius 1 is 0.826 bits per heavy atom. The highest BCUT2D eigenvalue weighted by Crippen LogP contribution is 2.29. The Bertz CT molecular complexity index is 1000. The first-order chi connectivity index (χ1) is 11.2. The van der Waals surface area contributed by atoms with Gasteiger partial charge in [0.15, 0.2) is 0 Å². The smallest absolute Gasteiger partial charge is 0.258 e. The zero-order chi connectivity index (χ0) is 15.8. The molecule has 0 saturated heterocycles. The lowest BCUT2D eigenvalue weighted by molar-refractivity contribution is 0.432. The summed E-state index contributed by atoms with van der Waals surface area (Å²) >= 11 is 0. The van der Waals surface area contributed by atoms with Crippen molar-refractivity contribution in [2.24, 2.45) is 0 Å². The Balaban J connectivity index is 1.89. The van der Waals surface area contributed by atoms with Crippen LogP contribution in [-0.4, -0.2) is 15.1 Å². The van der Waals surface area contributed by atoms with Gasteiger partial charge in [0, 0.05) is 22.2 Å². The van der Waals surface area contributed by atoms with Crippen LogP contribution in [0.1, 0.15) is 11.3 Å². The second-order valence-electron chi connectivity index (χ2n) is 5.57. The predicted molar refractivity (Wildman–Crippen MR) is 89.9 cm³/mol. The van der Waals surface area contributed by atoms with Crippen LogP contribution in [0.25, 0.3) is 33.7 Å². The Kier molecular flexibility index (Phi) is 3.15. The highest BCUT2D eigenvalue weighted by molar-refractivity contribution is 5.92. The van der Waals surface area contributed by atoms with Crippen LogP contribution < -0.4 is 0 Å². The fraction of sp³-hybridized carbons (Fsp3) is 0.105. The summed E-state index contributed by atoms with van der Waals surface area (Å²) in [6, 6.07) is 18.0. The van der Waals surface area contributed by atoms with Gasteiger partial charge in [-0.2, -0.15) is 4.98 Å². The standard InChI is InChI=1S/C19H15N3O/c1-12-7-3-4-8-14(12)19-21-18(22-23-19)16-11-13(2)20-17-10-6-5-9-15(16)17/h3-11H,1-2H3. The molecule has 4 heteroatoms. The second kappa shape index (κ2) is 5.32. The van der Waals surface area contributed by atoms with Crippen molar-refractivity contribution < 1.29 is 4.52 Å². The average Bonchev–Trinajstić information content (AvgIpc) is 3.04. The third-order valence-corrected chi connectivity index (χ3v) is 3.89. The first-order valence-corrected chi connectivity index (χ1v) is 7.49. The molecule has 0 N–H and O–H groups in total. The Morgan fingerprint density at radius 2 is 1.61 bits per heavy atom. The third kappa shape index (κ3) is 2.38. The van der Waals surface area contributed by atoms with Crippen LogP contribution in [0.2, 0.25) is 0 Å². The molecule has 0 aliphatic heterocycles. The van der Waals surface area contributed by atoms with Gasteiger partial charge in [-0.1, -0.05) is 41.6 Å². The molecular formula is C19H15N3O. The molecule has 0 spiro atoms. The number of benzene rings is 2. The third-order valence-electron chi connectivity index (χ3n) is 3.89. The van der Waals surface area contributed by atoms with Crippen LogP contribution in [-0.2, 0) is 0 Å². The van der Waals surface area contributed by atoms with Crippen molar-refractivity contribution in [3.63, 3.8) is 0 Å². The Hall–Kier alpha value is -3.01. The highest BCUT2D eigenvalue weighted by atomic mass is 16.5. The largest absolute Gasteiger partial charge is 0.334 e. The summed E-state index contributed by atoms with van der Waals surface area (Å²) < 4.78 is 5.49. The van der Waals surface area contributed by atoms with Crippen molar-refractivity contribution in [3.05, 3.63) is 65.9 Å². The molecule has 2 aromatic carbocycles. The number of aryl methyl sites for hydroxylation is 2. The van der Waals surface area contributed by atoms with E-state index in [0.29, 0.717) is 11.7 Å². The molecule has 0 amide bonds. The van der Waals surface area contributed by atoms with Crippen LogP contribution in [0.5, 0.6) is 0 Å². The zero-order valence-electron chi connectivity index (χ0n) is 12.9. The topological polar surface area (TPSA) is 51.8 Å². The molecule has 2 heterocycles. The van der Waals surface area contributed by atoms with Crippen molar-refractivity contribution >= 4 is 10.9 Å². The van der Waals surface area contributed by atoms with Crippen LogP contribution in [0, 0.1) is 13.8 Å². The molecule has 4 nitrogen and oxygen atoms in total. The zero-order valence-corrected chi connectivity index (χ0v) is 12.9.